The lowest BCUT2D eigenvalue weighted by Gasteiger charge is -2.06. The minimum absolute atomic E-state index is 0.131. The zero-order valence-corrected chi connectivity index (χ0v) is 4.87. The normalized spacial score (nSPS) is 13.1. The highest BCUT2D eigenvalue weighted by Gasteiger charge is 2.12. The number of aliphatic hydroxyl groups excluding tert-OH is 1. The number of nitrogens with two attached hydrogens (primary N) is 1. The van der Waals surface area contributed by atoms with Gasteiger partial charge in [-0.05, 0) is 6.42 Å². The predicted octanol–water partition coefficient (Wildman–Crippen LogP) is -1.71. The van der Waals surface area contributed by atoms with Crippen molar-refractivity contribution in [1.82, 2.24) is 5.43 Å². The van der Waals surface area contributed by atoms with E-state index < -0.39 is 12.0 Å². The highest BCUT2D eigenvalue weighted by molar-refractivity contribution is 5.73. The summed E-state index contributed by atoms with van der Waals surface area (Å²) in [6.45, 7) is -0.179. The molecule has 0 aromatic carbocycles. The highest BCUT2D eigenvalue weighted by Crippen LogP contribution is 1.87. The molecule has 0 amide bonds. The summed E-state index contributed by atoms with van der Waals surface area (Å²) < 4.78 is 0. The Bertz CT molecular complexity index is 95.8. The summed E-state index contributed by atoms with van der Waals surface area (Å²) in [6.07, 6.45) is 0.131. The van der Waals surface area contributed by atoms with Gasteiger partial charge in [0.1, 0.15) is 6.04 Å². The van der Waals surface area contributed by atoms with Gasteiger partial charge in [0, 0.05) is 6.61 Å². The van der Waals surface area contributed by atoms with Gasteiger partial charge in [-0.15, -0.1) is 0 Å². The van der Waals surface area contributed by atoms with E-state index in [2.05, 4.69) is 0 Å². The second-order valence-electron chi connectivity index (χ2n) is 1.57. The first kappa shape index (κ1) is 8.35. The Labute approximate surface area is 52.4 Å². The lowest BCUT2D eigenvalue weighted by molar-refractivity contribution is -0.139. The van der Waals surface area contributed by atoms with Gasteiger partial charge in [-0.2, -0.15) is 0 Å². The van der Waals surface area contributed by atoms with Crippen molar-refractivity contribution in [2.24, 2.45) is 5.84 Å². The lowest BCUT2D eigenvalue weighted by Crippen LogP contribution is -2.41. The Morgan fingerprint density at radius 2 is 2.33 bits per heavy atom. The van der Waals surface area contributed by atoms with Gasteiger partial charge in [0.05, 0.1) is 0 Å². The lowest BCUT2D eigenvalue weighted by atomic mass is 10.2. The van der Waals surface area contributed by atoms with Crippen LogP contribution in [0.4, 0.5) is 0 Å². The average Bonchev–Trinajstić information content (AvgIpc) is 1.82. The molecule has 9 heavy (non-hydrogen) atoms. The van der Waals surface area contributed by atoms with Gasteiger partial charge in [0.2, 0.25) is 0 Å². The predicted molar refractivity (Wildman–Crippen MR) is 30.4 cm³/mol. The first-order valence-electron chi connectivity index (χ1n) is 2.52. The molecule has 5 nitrogen and oxygen atoms in total. The molecule has 0 unspecified atom stereocenters. The topological polar surface area (TPSA) is 95.6 Å². The van der Waals surface area contributed by atoms with E-state index in [1.807, 2.05) is 5.43 Å². The van der Waals surface area contributed by atoms with Gasteiger partial charge < -0.3 is 10.2 Å². The van der Waals surface area contributed by atoms with E-state index in [1.54, 1.807) is 0 Å². The molecule has 0 aromatic rings. The summed E-state index contributed by atoms with van der Waals surface area (Å²) in [5, 5.41) is 16.5. The van der Waals surface area contributed by atoms with Crippen molar-refractivity contribution in [3.8, 4) is 0 Å². The van der Waals surface area contributed by atoms with Crippen molar-refractivity contribution in [3.05, 3.63) is 0 Å². The molecular weight excluding hydrogens is 124 g/mol. The van der Waals surface area contributed by atoms with Gasteiger partial charge in [0.15, 0.2) is 0 Å². The molecule has 0 saturated heterocycles. The molecule has 54 valence electrons. The number of carboxylic acid groups (broad SMARTS) is 1. The standard InChI is InChI=1S/C4H10N2O3/c5-6-3(1-2-7)4(8)9/h3,6-7H,1-2,5H2,(H,8,9)/t3-/m0/s1. The van der Waals surface area contributed by atoms with Crippen LogP contribution in [-0.4, -0.2) is 28.8 Å². The minimum atomic E-state index is -1.05. The summed E-state index contributed by atoms with van der Waals surface area (Å²) in [5.74, 6) is 3.77. The zero-order valence-electron chi connectivity index (χ0n) is 4.87. The van der Waals surface area contributed by atoms with Crippen LogP contribution in [0.25, 0.3) is 0 Å². The van der Waals surface area contributed by atoms with Crippen LogP contribution in [0.3, 0.4) is 0 Å². The quantitative estimate of drug-likeness (QED) is 0.271. The number of aliphatic hydroxyl groups is 1. The van der Waals surface area contributed by atoms with E-state index in [0.717, 1.165) is 0 Å². The first-order valence-corrected chi connectivity index (χ1v) is 2.52. The summed E-state index contributed by atoms with van der Waals surface area (Å²) in [6, 6.07) is -0.838. The van der Waals surface area contributed by atoms with Crippen molar-refractivity contribution in [3.63, 3.8) is 0 Å². The Hall–Kier alpha value is -0.650. The number of hydrazine groups is 1. The van der Waals surface area contributed by atoms with E-state index in [9.17, 15) is 4.79 Å². The van der Waals surface area contributed by atoms with Gasteiger partial charge in [-0.25, -0.2) is 5.43 Å². The zero-order chi connectivity index (χ0) is 7.28. The maximum atomic E-state index is 10.1. The van der Waals surface area contributed by atoms with E-state index in [0.29, 0.717) is 0 Å². The number of nitrogens with one attached hydrogen (secondary N) is 1. The molecule has 5 N–H and O–H groups in total. The van der Waals surface area contributed by atoms with Crippen LogP contribution in [0.1, 0.15) is 6.42 Å². The van der Waals surface area contributed by atoms with Gasteiger partial charge >= 0.3 is 5.97 Å². The van der Waals surface area contributed by atoms with Crippen molar-refractivity contribution in [1.29, 1.82) is 0 Å². The molecule has 5 heteroatoms. The van der Waals surface area contributed by atoms with Gasteiger partial charge in [-0.3, -0.25) is 10.6 Å². The molecule has 0 rings (SSSR count). The number of aliphatic carboxylic acids is 1. The molecule has 0 spiro atoms. The summed E-state index contributed by atoms with van der Waals surface area (Å²) in [7, 11) is 0. The van der Waals surface area contributed by atoms with E-state index in [4.69, 9.17) is 16.1 Å². The highest BCUT2D eigenvalue weighted by atomic mass is 16.4. The van der Waals surface area contributed by atoms with Crippen LogP contribution in [-0.2, 0) is 4.79 Å². The van der Waals surface area contributed by atoms with Crippen molar-refractivity contribution in [2.75, 3.05) is 6.61 Å². The van der Waals surface area contributed by atoms with Gasteiger partial charge in [-0.1, -0.05) is 0 Å². The molecule has 0 aliphatic carbocycles. The Balaban J connectivity index is 3.54. The molecule has 0 aliphatic rings. The Morgan fingerprint density at radius 3 is 2.44 bits per heavy atom. The van der Waals surface area contributed by atoms with Crippen molar-refractivity contribution >= 4 is 5.97 Å². The summed E-state index contributed by atoms with van der Waals surface area (Å²) >= 11 is 0. The molecule has 0 heterocycles. The molecule has 0 fully saturated rings. The molecule has 0 bridgehead atoms. The van der Waals surface area contributed by atoms with Crippen LogP contribution < -0.4 is 11.3 Å². The van der Waals surface area contributed by atoms with Crippen LogP contribution in [0.2, 0.25) is 0 Å². The maximum absolute atomic E-state index is 10.1. The smallest absolute Gasteiger partial charge is 0.322 e. The number of hydrogen-bond acceptors (Lipinski definition) is 4. The monoisotopic (exact) mass is 134 g/mol. The van der Waals surface area contributed by atoms with Crippen LogP contribution >= 0.6 is 0 Å². The van der Waals surface area contributed by atoms with Crippen molar-refractivity contribution in [2.45, 2.75) is 12.5 Å². The molecule has 0 radical (unpaired) electrons. The third-order valence-electron chi connectivity index (χ3n) is 0.917. The molecular formula is C4H10N2O3. The van der Waals surface area contributed by atoms with E-state index in [1.165, 1.54) is 0 Å². The van der Waals surface area contributed by atoms with Crippen LogP contribution in [0, 0.1) is 0 Å². The summed E-state index contributed by atoms with van der Waals surface area (Å²) in [5.41, 5.74) is 2.04. The third kappa shape index (κ3) is 3.02. The summed E-state index contributed by atoms with van der Waals surface area (Å²) in [4.78, 5) is 10.1. The maximum Gasteiger partial charge on any atom is 0.322 e. The molecule has 1 atom stereocenters. The first-order chi connectivity index (χ1) is 4.22. The third-order valence-corrected chi connectivity index (χ3v) is 0.917. The number of carboxylic acids is 1. The van der Waals surface area contributed by atoms with Crippen molar-refractivity contribution < 1.29 is 15.0 Å². The second-order valence-corrected chi connectivity index (χ2v) is 1.57. The van der Waals surface area contributed by atoms with E-state index in [-0.39, 0.29) is 13.0 Å². The van der Waals surface area contributed by atoms with Crippen LogP contribution in [0.15, 0.2) is 0 Å². The number of rotatable bonds is 4. The number of carbonyl (C=O) groups is 1. The fourth-order valence-corrected chi connectivity index (χ4v) is 0.407. The largest absolute Gasteiger partial charge is 0.480 e. The van der Waals surface area contributed by atoms with E-state index >= 15 is 0 Å². The SMILES string of the molecule is NN[C@@H](CCO)C(=O)O. The average molecular weight is 134 g/mol. The number of hydrogen-bond donors (Lipinski definition) is 4. The fraction of sp³-hybridized carbons (Fsp3) is 0.750. The molecule has 0 aliphatic heterocycles. The molecule has 0 saturated carbocycles. The minimum Gasteiger partial charge on any atom is -0.480 e. The van der Waals surface area contributed by atoms with Crippen LogP contribution in [0.5, 0.6) is 0 Å². The van der Waals surface area contributed by atoms with Gasteiger partial charge in [0.25, 0.3) is 0 Å². The molecule has 0 aromatic heterocycles. The fourth-order valence-electron chi connectivity index (χ4n) is 0.407. The Kier molecular flexibility index (Phi) is 3.94. The Morgan fingerprint density at radius 1 is 1.78 bits per heavy atom. The second kappa shape index (κ2) is 4.25.